The second kappa shape index (κ2) is 14.8. The lowest BCUT2D eigenvalue weighted by molar-refractivity contribution is 0.0948. The van der Waals surface area contributed by atoms with E-state index in [0.29, 0.717) is 46.7 Å². The van der Waals surface area contributed by atoms with Crippen molar-refractivity contribution in [1.82, 2.24) is 10.6 Å². The second-order valence-electron chi connectivity index (χ2n) is 9.24. The summed E-state index contributed by atoms with van der Waals surface area (Å²) in [6.07, 6.45) is 5.41. The van der Waals surface area contributed by atoms with E-state index in [4.69, 9.17) is 0 Å². The van der Waals surface area contributed by atoms with Crippen molar-refractivity contribution in [2.24, 2.45) is 9.98 Å². The Morgan fingerprint density at radius 1 is 0.561 bits per heavy atom. The fourth-order valence-corrected chi connectivity index (χ4v) is 4.05. The van der Waals surface area contributed by atoms with Crippen molar-refractivity contribution in [1.29, 1.82) is 0 Å². The fraction of sp³-hybridized carbons (Fsp3) is 0.152. The van der Waals surface area contributed by atoms with Gasteiger partial charge in [-0.05, 0) is 67.8 Å². The number of phenolic OH excluding ortho intramolecular Hbond substituents is 2. The lowest BCUT2D eigenvalue weighted by Gasteiger charge is -2.09. The summed E-state index contributed by atoms with van der Waals surface area (Å²) < 4.78 is 0. The highest BCUT2D eigenvalue weighted by atomic mass is 16.3. The molecule has 0 saturated carbocycles. The minimum atomic E-state index is -0.218. The third-order valence-corrected chi connectivity index (χ3v) is 6.28. The number of hydrogen-bond donors (Lipinski definition) is 4. The molecular weight excluding hydrogens is 516 g/mol. The van der Waals surface area contributed by atoms with Gasteiger partial charge in [0.15, 0.2) is 0 Å². The SMILES string of the molecule is O=C(NCCCCCNC(=O)c1ccccc1N=Cc1ccccc1O)c1ccccc1N=Cc1ccccc1O. The summed E-state index contributed by atoms with van der Waals surface area (Å²) in [7, 11) is 0. The number of benzene rings is 4. The lowest BCUT2D eigenvalue weighted by Crippen LogP contribution is -2.26. The van der Waals surface area contributed by atoms with E-state index in [1.54, 1.807) is 84.9 Å². The molecule has 0 spiro atoms. The molecular formula is C33H32N4O4. The Morgan fingerprint density at radius 3 is 1.39 bits per heavy atom. The highest BCUT2D eigenvalue weighted by Gasteiger charge is 2.11. The van der Waals surface area contributed by atoms with Gasteiger partial charge < -0.3 is 20.8 Å². The minimum Gasteiger partial charge on any atom is -0.507 e. The molecule has 0 heterocycles. The van der Waals surface area contributed by atoms with Crippen LogP contribution in [-0.2, 0) is 0 Å². The van der Waals surface area contributed by atoms with E-state index in [-0.39, 0.29) is 23.3 Å². The van der Waals surface area contributed by atoms with Gasteiger partial charge in [-0.2, -0.15) is 0 Å². The molecule has 2 amide bonds. The van der Waals surface area contributed by atoms with Crippen LogP contribution in [0.25, 0.3) is 0 Å². The molecule has 0 atom stereocenters. The number of unbranched alkanes of at least 4 members (excludes halogenated alkanes) is 2. The van der Waals surface area contributed by atoms with Crippen molar-refractivity contribution in [2.75, 3.05) is 13.1 Å². The maximum atomic E-state index is 12.8. The average Bonchev–Trinajstić information content (AvgIpc) is 3.00. The van der Waals surface area contributed by atoms with Gasteiger partial charge in [0.25, 0.3) is 11.8 Å². The molecule has 0 fully saturated rings. The summed E-state index contributed by atoms with van der Waals surface area (Å²) in [4.78, 5) is 34.3. The van der Waals surface area contributed by atoms with E-state index in [1.807, 2.05) is 12.1 Å². The minimum absolute atomic E-state index is 0.122. The Hall–Kier alpha value is -5.24. The van der Waals surface area contributed by atoms with Crippen molar-refractivity contribution in [3.63, 3.8) is 0 Å². The van der Waals surface area contributed by atoms with Gasteiger partial charge in [-0.1, -0.05) is 48.5 Å². The Balaban J connectivity index is 1.20. The maximum absolute atomic E-state index is 12.8. The standard InChI is InChI=1S/C33H32N4O4/c38-30-18-8-2-12-24(30)22-36-28-16-6-4-14-26(28)32(40)34-20-10-1-11-21-35-33(41)27-15-5-7-17-29(27)37-23-25-13-3-9-19-31(25)39/h2-9,12-19,22-23,38-39H,1,10-11,20-21H2,(H,34,40)(H,35,41). The smallest absolute Gasteiger partial charge is 0.253 e. The zero-order valence-electron chi connectivity index (χ0n) is 22.5. The van der Waals surface area contributed by atoms with Crippen LogP contribution in [0.2, 0.25) is 0 Å². The first kappa shape index (κ1) is 28.8. The maximum Gasteiger partial charge on any atom is 0.253 e. The Kier molecular flexibility index (Phi) is 10.4. The molecule has 208 valence electrons. The molecule has 8 nitrogen and oxygen atoms in total. The van der Waals surface area contributed by atoms with E-state index >= 15 is 0 Å². The van der Waals surface area contributed by atoms with E-state index in [0.717, 1.165) is 19.3 Å². The quantitative estimate of drug-likeness (QED) is 0.129. The Bertz CT molecular complexity index is 1430. The molecule has 0 unspecified atom stereocenters. The van der Waals surface area contributed by atoms with Gasteiger partial charge in [0, 0.05) is 36.6 Å². The molecule has 4 rings (SSSR count). The molecule has 4 aromatic carbocycles. The highest BCUT2D eigenvalue weighted by molar-refractivity contribution is 6.01. The summed E-state index contributed by atoms with van der Waals surface area (Å²) in [6, 6.07) is 27.8. The molecule has 41 heavy (non-hydrogen) atoms. The van der Waals surface area contributed by atoms with Crippen LogP contribution in [0.4, 0.5) is 11.4 Å². The fourth-order valence-electron chi connectivity index (χ4n) is 4.05. The Labute approximate surface area is 239 Å². The number of nitrogens with zero attached hydrogens (tertiary/aromatic N) is 2. The van der Waals surface area contributed by atoms with Gasteiger partial charge in [0.1, 0.15) is 11.5 Å². The number of aromatic hydroxyl groups is 2. The third-order valence-electron chi connectivity index (χ3n) is 6.28. The molecule has 0 radical (unpaired) electrons. The summed E-state index contributed by atoms with van der Waals surface area (Å²) in [5.74, 6) is -0.193. The third kappa shape index (κ3) is 8.37. The number of carbonyl (C=O) groups excluding carboxylic acids is 2. The summed E-state index contributed by atoms with van der Waals surface area (Å²) in [6.45, 7) is 0.988. The predicted molar refractivity (Wildman–Crippen MR) is 162 cm³/mol. The number of carbonyl (C=O) groups is 2. The molecule has 0 aliphatic rings. The number of nitrogens with one attached hydrogen (secondary N) is 2. The van der Waals surface area contributed by atoms with Gasteiger partial charge >= 0.3 is 0 Å². The second-order valence-corrected chi connectivity index (χ2v) is 9.24. The van der Waals surface area contributed by atoms with Crippen molar-refractivity contribution in [2.45, 2.75) is 19.3 Å². The zero-order chi connectivity index (χ0) is 28.9. The molecule has 0 aromatic heterocycles. The monoisotopic (exact) mass is 548 g/mol. The van der Waals surface area contributed by atoms with Gasteiger partial charge in [-0.3, -0.25) is 19.6 Å². The van der Waals surface area contributed by atoms with Crippen molar-refractivity contribution >= 4 is 35.6 Å². The number of hydrogen-bond acceptors (Lipinski definition) is 6. The molecule has 0 aliphatic heterocycles. The number of para-hydroxylation sites is 4. The number of phenols is 2. The van der Waals surface area contributed by atoms with E-state index in [1.165, 1.54) is 12.4 Å². The lowest BCUT2D eigenvalue weighted by atomic mass is 10.1. The van der Waals surface area contributed by atoms with Crippen molar-refractivity contribution in [3.8, 4) is 11.5 Å². The van der Waals surface area contributed by atoms with E-state index in [2.05, 4.69) is 20.6 Å². The molecule has 4 N–H and O–H groups in total. The van der Waals surface area contributed by atoms with Crippen LogP contribution < -0.4 is 10.6 Å². The normalized spacial score (nSPS) is 11.1. The molecule has 0 aliphatic carbocycles. The van der Waals surface area contributed by atoms with Gasteiger partial charge in [0.2, 0.25) is 0 Å². The van der Waals surface area contributed by atoms with Crippen molar-refractivity contribution < 1.29 is 19.8 Å². The van der Waals surface area contributed by atoms with Crippen LogP contribution in [0.1, 0.15) is 51.1 Å². The largest absolute Gasteiger partial charge is 0.507 e. The van der Waals surface area contributed by atoms with Gasteiger partial charge in [-0.25, -0.2) is 0 Å². The number of aliphatic imine (C=N–C) groups is 2. The topological polar surface area (TPSA) is 123 Å². The van der Waals surface area contributed by atoms with Crippen LogP contribution in [-0.4, -0.2) is 47.5 Å². The highest BCUT2D eigenvalue weighted by Crippen LogP contribution is 2.22. The number of rotatable bonds is 12. The summed E-state index contributed by atoms with van der Waals surface area (Å²) >= 11 is 0. The van der Waals surface area contributed by atoms with E-state index in [9.17, 15) is 19.8 Å². The number of amides is 2. The van der Waals surface area contributed by atoms with Crippen molar-refractivity contribution in [3.05, 3.63) is 119 Å². The first-order valence-electron chi connectivity index (χ1n) is 13.4. The van der Waals surface area contributed by atoms with Crippen LogP contribution in [0.3, 0.4) is 0 Å². The Morgan fingerprint density at radius 2 is 0.951 bits per heavy atom. The van der Waals surface area contributed by atoms with Gasteiger partial charge in [-0.15, -0.1) is 0 Å². The van der Waals surface area contributed by atoms with Gasteiger partial charge in [0.05, 0.1) is 22.5 Å². The molecule has 4 aromatic rings. The first-order chi connectivity index (χ1) is 20.0. The molecule has 0 saturated heterocycles. The zero-order valence-corrected chi connectivity index (χ0v) is 22.5. The first-order valence-corrected chi connectivity index (χ1v) is 13.4. The average molecular weight is 549 g/mol. The van der Waals surface area contributed by atoms with Crippen LogP contribution in [0.5, 0.6) is 11.5 Å². The summed E-state index contributed by atoms with van der Waals surface area (Å²) in [5, 5.41) is 25.7. The van der Waals surface area contributed by atoms with Crippen LogP contribution in [0, 0.1) is 0 Å². The van der Waals surface area contributed by atoms with Crippen LogP contribution in [0.15, 0.2) is 107 Å². The van der Waals surface area contributed by atoms with Crippen LogP contribution >= 0.6 is 0 Å². The van der Waals surface area contributed by atoms with E-state index < -0.39 is 0 Å². The predicted octanol–water partition coefficient (Wildman–Crippen LogP) is 5.93. The summed E-state index contributed by atoms with van der Waals surface area (Å²) in [5.41, 5.74) is 3.07. The molecule has 8 heteroatoms. The molecule has 0 bridgehead atoms.